The van der Waals surface area contributed by atoms with Gasteiger partial charge in [-0.15, -0.1) is 6.58 Å². The van der Waals surface area contributed by atoms with Crippen molar-refractivity contribution in [3.63, 3.8) is 0 Å². The second-order valence-electron chi connectivity index (χ2n) is 4.46. The van der Waals surface area contributed by atoms with Crippen LogP contribution in [-0.2, 0) is 9.53 Å². The number of morpholine rings is 1. The molecule has 0 aromatic rings. The number of ether oxygens (including phenoxy) is 1. The zero-order chi connectivity index (χ0) is 12.5. The van der Waals surface area contributed by atoms with Crippen LogP contribution in [0.5, 0.6) is 0 Å². The van der Waals surface area contributed by atoms with Crippen LogP contribution in [0.1, 0.15) is 25.7 Å². The number of unbranched alkanes of at least 4 members (excludes halogenated alkanes) is 3. The first-order valence-corrected chi connectivity index (χ1v) is 6.44. The van der Waals surface area contributed by atoms with Gasteiger partial charge in [-0.3, -0.25) is 4.79 Å². The summed E-state index contributed by atoms with van der Waals surface area (Å²) in [5, 5.41) is 3.17. The molecule has 1 atom stereocenters. The Morgan fingerprint density at radius 2 is 2.35 bits per heavy atom. The van der Waals surface area contributed by atoms with E-state index in [0.29, 0.717) is 13.2 Å². The van der Waals surface area contributed by atoms with E-state index < -0.39 is 0 Å². The molecule has 1 unspecified atom stereocenters. The minimum atomic E-state index is -0.290. The average Bonchev–Trinajstić information content (AvgIpc) is 2.38. The molecule has 0 bridgehead atoms. The number of likely N-dealkylation sites (N-methyl/N-ethyl adjacent to an activating group) is 1. The highest BCUT2D eigenvalue weighted by Crippen LogP contribution is 2.05. The summed E-state index contributed by atoms with van der Waals surface area (Å²) < 4.78 is 5.44. The third kappa shape index (κ3) is 5.33. The van der Waals surface area contributed by atoms with E-state index in [1.165, 1.54) is 0 Å². The Bertz CT molecular complexity index is 238. The topological polar surface area (TPSA) is 41.6 Å². The third-order valence-electron chi connectivity index (χ3n) is 2.98. The zero-order valence-electron chi connectivity index (χ0n) is 10.8. The predicted molar refractivity (Wildman–Crippen MR) is 68.9 cm³/mol. The third-order valence-corrected chi connectivity index (χ3v) is 2.98. The molecule has 17 heavy (non-hydrogen) atoms. The zero-order valence-corrected chi connectivity index (χ0v) is 10.8. The second kappa shape index (κ2) is 8.25. The van der Waals surface area contributed by atoms with E-state index in [-0.39, 0.29) is 12.0 Å². The van der Waals surface area contributed by atoms with Gasteiger partial charge in [0.25, 0.3) is 5.91 Å². The first-order valence-electron chi connectivity index (χ1n) is 6.44. The number of rotatable bonds is 7. The van der Waals surface area contributed by atoms with Gasteiger partial charge in [0.05, 0.1) is 6.61 Å². The minimum absolute atomic E-state index is 0.0981. The van der Waals surface area contributed by atoms with Crippen LogP contribution in [0.2, 0.25) is 0 Å². The maximum Gasteiger partial charge on any atom is 0.252 e. The number of hydrogen-bond donors (Lipinski definition) is 1. The van der Waals surface area contributed by atoms with Crippen LogP contribution in [0.4, 0.5) is 0 Å². The standard InChI is InChI=1S/C13H24N2O2/c1-3-4-5-6-7-9-15(2)13(16)12-11-14-8-10-17-12/h3,12,14H,1,4-11H2,2H3. The normalized spacial score (nSPS) is 19.9. The fourth-order valence-electron chi connectivity index (χ4n) is 1.89. The molecule has 4 nitrogen and oxygen atoms in total. The summed E-state index contributed by atoms with van der Waals surface area (Å²) in [7, 11) is 1.85. The first kappa shape index (κ1) is 14.2. The summed E-state index contributed by atoms with van der Waals surface area (Å²) in [6, 6.07) is 0. The van der Waals surface area contributed by atoms with Crippen molar-refractivity contribution in [3.8, 4) is 0 Å². The lowest BCUT2D eigenvalue weighted by Crippen LogP contribution is -2.48. The molecule has 98 valence electrons. The molecule has 0 aliphatic carbocycles. The van der Waals surface area contributed by atoms with Crippen LogP contribution < -0.4 is 5.32 Å². The molecule has 4 heteroatoms. The average molecular weight is 240 g/mol. The fraction of sp³-hybridized carbons (Fsp3) is 0.769. The molecular formula is C13H24N2O2. The van der Waals surface area contributed by atoms with Crippen molar-refractivity contribution in [3.05, 3.63) is 12.7 Å². The van der Waals surface area contributed by atoms with Gasteiger partial charge in [0, 0.05) is 26.7 Å². The number of amides is 1. The smallest absolute Gasteiger partial charge is 0.252 e. The Kier molecular flexibility index (Phi) is 6.89. The van der Waals surface area contributed by atoms with E-state index in [4.69, 9.17) is 4.74 Å². The van der Waals surface area contributed by atoms with Gasteiger partial charge in [0.2, 0.25) is 0 Å². The van der Waals surface area contributed by atoms with Crippen LogP contribution in [0.3, 0.4) is 0 Å². The van der Waals surface area contributed by atoms with E-state index in [2.05, 4.69) is 11.9 Å². The van der Waals surface area contributed by atoms with Gasteiger partial charge in [0.15, 0.2) is 0 Å². The molecule has 0 aromatic heterocycles. The number of carbonyl (C=O) groups excluding carboxylic acids is 1. The van der Waals surface area contributed by atoms with Gasteiger partial charge in [-0.1, -0.05) is 12.5 Å². The first-order chi connectivity index (χ1) is 8.25. The lowest BCUT2D eigenvalue weighted by molar-refractivity contribution is -0.143. The van der Waals surface area contributed by atoms with E-state index in [9.17, 15) is 4.79 Å². The van der Waals surface area contributed by atoms with Gasteiger partial charge in [-0.2, -0.15) is 0 Å². The molecule has 1 heterocycles. The van der Waals surface area contributed by atoms with E-state index in [0.717, 1.165) is 38.8 Å². The summed E-state index contributed by atoms with van der Waals surface area (Å²) >= 11 is 0. The van der Waals surface area contributed by atoms with Crippen molar-refractivity contribution in [1.82, 2.24) is 10.2 Å². The van der Waals surface area contributed by atoms with Gasteiger partial charge in [-0.05, 0) is 19.3 Å². The molecule has 1 rings (SSSR count). The van der Waals surface area contributed by atoms with Crippen molar-refractivity contribution in [2.75, 3.05) is 33.3 Å². The minimum Gasteiger partial charge on any atom is -0.366 e. The molecule has 0 radical (unpaired) electrons. The summed E-state index contributed by atoms with van der Waals surface area (Å²) in [5.74, 6) is 0.0981. The highest BCUT2D eigenvalue weighted by atomic mass is 16.5. The van der Waals surface area contributed by atoms with Crippen molar-refractivity contribution < 1.29 is 9.53 Å². The lowest BCUT2D eigenvalue weighted by Gasteiger charge is -2.27. The Morgan fingerprint density at radius 3 is 3.00 bits per heavy atom. The SMILES string of the molecule is C=CCCCCCN(C)C(=O)C1CNCCO1. The predicted octanol–water partition coefficient (Wildman–Crippen LogP) is 1.18. The van der Waals surface area contributed by atoms with Gasteiger partial charge >= 0.3 is 0 Å². The molecule has 1 aliphatic rings. The fourth-order valence-corrected chi connectivity index (χ4v) is 1.89. The van der Waals surface area contributed by atoms with Gasteiger partial charge in [0.1, 0.15) is 6.10 Å². The Morgan fingerprint density at radius 1 is 1.53 bits per heavy atom. The molecule has 0 aromatic carbocycles. The Balaban J connectivity index is 2.14. The highest BCUT2D eigenvalue weighted by Gasteiger charge is 2.24. The Hall–Kier alpha value is -0.870. The number of allylic oxidation sites excluding steroid dienone is 1. The number of carbonyl (C=O) groups is 1. The largest absolute Gasteiger partial charge is 0.366 e. The Labute approximate surface area is 104 Å². The lowest BCUT2D eigenvalue weighted by atomic mass is 10.2. The van der Waals surface area contributed by atoms with E-state index in [1.807, 2.05) is 13.1 Å². The van der Waals surface area contributed by atoms with Crippen molar-refractivity contribution >= 4 is 5.91 Å². The van der Waals surface area contributed by atoms with Crippen molar-refractivity contribution in [2.24, 2.45) is 0 Å². The maximum atomic E-state index is 12.0. The highest BCUT2D eigenvalue weighted by molar-refractivity contribution is 5.81. The van der Waals surface area contributed by atoms with Gasteiger partial charge in [-0.25, -0.2) is 0 Å². The monoisotopic (exact) mass is 240 g/mol. The number of nitrogens with zero attached hydrogens (tertiary/aromatic N) is 1. The van der Waals surface area contributed by atoms with E-state index in [1.54, 1.807) is 4.90 Å². The van der Waals surface area contributed by atoms with Gasteiger partial charge < -0.3 is 15.0 Å². The van der Waals surface area contributed by atoms with E-state index >= 15 is 0 Å². The summed E-state index contributed by atoms with van der Waals surface area (Å²) in [6.07, 6.45) is 6.07. The molecule has 1 saturated heterocycles. The van der Waals surface area contributed by atoms with Crippen molar-refractivity contribution in [1.29, 1.82) is 0 Å². The number of nitrogens with one attached hydrogen (secondary N) is 1. The second-order valence-corrected chi connectivity index (χ2v) is 4.46. The summed E-state index contributed by atoms with van der Waals surface area (Å²) in [6.45, 7) is 6.62. The molecular weight excluding hydrogens is 216 g/mol. The molecule has 1 N–H and O–H groups in total. The van der Waals surface area contributed by atoms with Crippen LogP contribution in [-0.4, -0.2) is 50.2 Å². The number of hydrogen-bond acceptors (Lipinski definition) is 3. The quantitative estimate of drug-likeness (QED) is 0.537. The van der Waals surface area contributed by atoms with Crippen LogP contribution in [0.15, 0.2) is 12.7 Å². The summed E-state index contributed by atoms with van der Waals surface area (Å²) in [5.41, 5.74) is 0. The van der Waals surface area contributed by atoms with Crippen LogP contribution in [0.25, 0.3) is 0 Å². The maximum absolute atomic E-state index is 12.0. The molecule has 1 amide bonds. The van der Waals surface area contributed by atoms with Crippen LogP contribution >= 0.6 is 0 Å². The molecule has 1 aliphatic heterocycles. The van der Waals surface area contributed by atoms with Crippen LogP contribution in [0, 0.1) is 0 Å². The molecule has 0 saturated carbocycles. The van der Waals surface area contributed by atoms with Crippen molar-refractivity contribution in [2.45, 2.75) is 31.8 Å². The molecule has 0 spiro atoms. The molecule has 1 fully saturated rings. The summed E-state index contributed by atoms with van der Waals surface area (Å²) in [4.78, 5) is 13.7.